The summed E-state index contributed by atoms with van der Waals surface area (Å²) in [5, 5.41) is 0. The molecule has 0 saturated heterocycles. The maximum Gasteiger partial charge on any atom is 0.164 e. The lowest BCUT2D eigenvalue weighted by Gasteiger charge is -2.17. The monoisotopic (exact) mass is 222 g/mol. The van der Waals surface area contributed by atoms with Crippen molar-refractivity contribution in [2.45, 2.75) is 40.0 Å². The number of hydrogen-bond donors (Lipinski definition) is 0. The van der Waals surface area contributed by atoms with Crippen LogP contribution in [0.25, 0.3) is 0 Å². The SMILES string of the molecule is CCCOc1cccc(C(C)C)c1OCC. The molecule has 0 aliphatic heterocycles. The van der Waals surface area contributed by atoms with Crippen molar-refractivity contribution in [1.82, 2.24) is 0 Å². The summed E-state index contributed by atoms with van der Waals surface area (Å²) in [5.41, 5.74) is 1.22. The van der Waals surface area contributed by atoms with Crippen LogP contribution in [0, 0.1) is 0 Å². The summed E-state index contributed by atoms with van der Waals surface area (Å²) in [7, 11) is 0. The first-order valence-corrected chi connectivity index (χ1v) is 6.09. The maximum atomic E-state index is 5.70. The number of ether oxygens (including phenoxy) is 2. The lowest BCUT2D eigenvalue weighted by Crippen LogP contribution is -2.03. The summed E-state index contributed by atoms with van der Waals surface area (Å²) in [6.45, 7) is 9.85. The van der Waals surface area contributed by atoms with Crippen molar-refractivity contribution in [2.75, 3.05) is 13.2 Å². The smallest absolute Gasteiger partial charge is 0.164 e. The Morgan fingerprint density at radius 1 is 1.12 bits per heavy atom. The summed E-state index contributed by atoms with van der Waals surface area (Å²) in [6, 6.07) is 6.11. The average molecular weight is 222 g/mol. The van der Waals surface area contributed by atoms with Gasteiger partial charge in [-0.15, -0.1) is 0 Å². The van der Waals surface area contributed by atoms with E-state index in [1.165, 1.54) is 5.56 Å². The molecule has 0 unspecified atom stereocenters. The molecule has 2 heteroatoms. The van der Waals surface area contributed by atoms with Gasteiger partial charge in [0.15, 0.2) is 11.5 Å². The van der Waals surface area contributed by atoms with Gasteiger partial charge < -0.3 is 9.47 Å². The highest BCUT2D eigenvalue weighted by Gasteiger charge is 2.12. The molecule has 0 fully saturated rings. The Bertz CT molecular complexity index is 319. The van der Waals surface area contributed by atoms with Crippen molar-refractivity contribution >= 4 is 0 Å². The summed E-state index contributed by atoms with van der Waals surface area (Å²) < 4.78 is 11.4. The van der Waals surface area contributed by atoms with Gasteiger partial charge in [-0.3, -0.25) is 0 Å². The molecule has 0 N–H and O–H groups in total. The van der Waals surface area contributed by atoms with Crippen LogP contribution in [0.3, 0.4) is 0 Å². The minimum atomic E-state index is 0.451. The van der Waals surface area contributed by atoms with E-state index >= 15 is 0 Å². The van der Waals surface area contributed by atoms with E-state index in [4.69, 9.17) is 9.47 Å². The van der Waals surface area contributed by atoms with E-state index in [1.807, 2.05) is 19.1 Å². The quantitative estimate of drug-likeness (QED) is 0.724. The fourth-order valence-corrected chi connectivity index (χ4v) is 1.61. The zero-order valence-electron chi connectivity index (χ0n) is 10.7. The van der Waals surface area contributed by atoms with Gasteiger partial charge >= 0.3 is 0 Å². The zero-order valence-corrected chi connectivity index (χ0v) is 10.7. The molecular weight excluding hydrogens is 200 g/mol. The first-order valence-electron chi connectivity index (χ1n) is 6.09. The first-order chi connectivity index (χ1) is 7.70. The lowest BCUT2D eigenvalue weighted by atomic mass is 10.0. The third-order valence-electron chi connectivity index (χ3n) is 2.38. The Balaban J connectivity index is 3.00. The van der Waals surface area contributed by atoms with Gasteiger partial charge in [-0.2, -0.15) is 0 Å². The number of hydrogen-bond acceptors (Lipinski definition) is 2. The van der Waals surface area contributed by atoms with E-state index in [1.54, 1.807) is 0 Å². The van der Waals surface area contributed by atoms with Crippen LogP contribution in [0.1, 0.15) is 45.6 Å². The van der Waals surface area contributed by atoms with Gasteiger partial charge in [0, 0.05) is 5.56 Å². The van der Waals surface area contributed by atoms with Crippen LogP contribution in [0.15, 0.2) is 18.2 Å². The molecule has 0 atom stereocenters. The molecule has 2 nitrogen and oxygen atoms in total. The number of rotatable bonds is 6. The summed E-state index contributed by atoms with van der Waals surface area (Å²) in [6.07, 6.45) is 1.01. The Labute approximate surface area is 98.6 Å². The van der Waals surface area contributed by atoms with E-state index in [2.05, 4.69) is 26.8 Å². The fraction of sp³-hybridized carbons (Fsp3) is 0.571. The molecule has 0 heterocycles. The first kappa shape index (κ1) is 12.9. The molecule has 1 rings (SSSR count). The van der Waals surface area contributed by atoms with Crippen LogP contribution in [0.2, 0.25) is 0 Å². The highest BCUT2D eigenvalue weighted by molar-refractivity contribution is 5.48. The zero-order chi connectivity index (χ0) is 12.0. The average Bonchev–Trinajstić information content (AvgIpc) is 2.27. The van der Waals surface area contributed by atoms with E-state index < -0.39 is 0 Å². The Hall–Kier alpha value is -1.18. The summed E-state index contributed by atoms with van der Waals surface area (Å²) >= 11 is 0. The van der Waals surface area contributed by atoms with Gasteiger partial charge in [-0.25, -0.2) is 0 Å². The second-order valence-corrected chi connectivity index (χ2v) is 4.11. The minimum absolute atomic E-state index is 0.451. The maximum absolute atomic E-state index is 5.70. The van der Waals surface area contributed by atoms with Crippen LogP contribution in [0.5, 0.6) is 11.5 Å². The number of para-hydroxylation sites is 1. The van der Waals surface area contributed by atoms with Crippen molar-refractivity contribution in [3.63, 3.8) is 0 Å². The Morgan fingerprint density at radius 3 is 2.44 bits per heavy atom. The van der Waals surface area contributed by atoms with Crippen molar-refractivity contribution in [3.8, 4) is 11.5 Å². The van der Waals surface area contributed by atoms with Crippen molar-refractivity contribution in [3.05, 3.63) is 23.8 Å². The number of benzene rings is 1. The topological polar surface area (TPSA) is 18.5 Å². The normalized spacial score (nSPS) is 10.6. The molecule has 0 saturated carbocycles. The summed E-state index contributed by atoms with van der Waals surface area (Å²) in [4.78, 5) is 0. The molecule has 1 aromatic carbocycles. The third-order valence-corrected chi connectivity index (χ3v) is 2.38. The van der Waals surface area contributed by atoms with E-state index in [0.717, 1.165) is 24.5 Å². The minimum Gasteiger partial charge on any atom is -0.490 e. The van der Waals surface area contributed by atoms with Gasteiger partial charge in [0.1, 0.15) is 0 Å². The lowest BCUT2D eigenvalue weighted by molar-refractivity contribution is 0.274. The molecule has 90 valence electrons. The van der Waals surface area contributed by atoms with Crippen LogP contribution in [-0.4, -0.2) is 13.2 Å². The predicted octanol–water partition coefficient (Wildman–Crippen LogP) is 4.00. The molecule has 0 spiro atoms. The molecule has 16 heavy (non-hydrogen) atoms. The molecule has 1 aromatic rings. The molecule has 0 bridgehead atoms. The van der Waals surface area contributed by atoms with Crippen LogP contribution >= 0.6 is 0 Å². The molecule has 0 aliphatic rings. The highest BCUT2D eigenvalue weighted by atomic mass is 16.5. The standard InChI is InChI=1S/C14H22O2/c1-5-10-16-13-9-7-8-12(11(3)4)14(13)15-6-2/h7-9,11H,5-6,10H2,1-4H3. The van der Waals surface area contributed by atoms with Crippen molar-refractivity contribution in [1.29, 1.82) is 0 Å². The second-order valence-electron chi connectivity index (χ2n) is 4.11. The predicted molar refractivity (Wildman–Crippen MR) is 67.5 cm³/mol. The molecule has 0 aliphatic carbocycles. The van der Waals surface area contributed by atoms with Gasteiger partial charge in [-0.1, -0.05) is 32.9 Å². The van der Waals surface area contributed by atoms with Gasteiger partial charge in [0.05, 0.1) is 13.2 Å². The molecule has 0 amide bonds. The van der Waals surface area contributed by atoms with E-state index in [9.17, 15) is 0 Å². The second kappa shape index (κ2) is 6.41. The van der Waals surface area contributed by atoms with Crippen molar-refractivity contribution in [2.24, 2.45) is 0 Å². The molecule has 0 aromatic heterocycles. The highest BCUT2D eigenvalue weighted by Crippen LogP contribution is 2.35. The van der Waals surface area contributed by atoms with Crippen molar-refractivity contribution < 1.29 is 9.47 Å². The third kappa shape index (κ3) is 3.16. The van der Waals surface area contributed by atoms with Crippen LogP contribution in [-0.2, 0) is 0 Å². The van der Waals surface area contributed by atoms with Gasteiger partial charge in [-0.05, 0) is 25.3 Å². The van der Waals surface area contributed by atoms with Gasteiger partial charge in [0.2, 0.25) is 0 Å². The Morgan fingerprint density at radius 2 is 1.88 bits per heavy atom. The van der Waals surface area contributed by atoms with Gasteiger partial charge in [0.25, 0.3) is 0 Å². The van der Waals surface area contributed by atoms with Crippen LogP contribution < -0.4 is 9.47 Å². The van der Waals surface area contributed by atoms with Crippen LogP contribution in [0.4, 0.5) is 0 Å². The van der Waals surface area contributed by atoms with E-state index in [0.29, 0.717) is 12.5 Å². The van der Waals surface area contributed by atoms with E-state index in [-0.39, 0.29) is 0 Å². The molecular formula is C14H22O2. The summed E-state index contributed by atoms with van der Waals surface area (Å²) in [5.74, 6) is 2.23. The Kier molecular flexibility index (Phi) is 5.17. The fourth-order valence-electron chi connectivity index (χ4n) is 1.61. The molecule has 0 radical (unpaired) electrons. The largest absolute Gasteiger partial charge is 0.490 e.